The molecule has 11 heteroatoms. The highest BCUT2D eigenvalue weighted by molar-refractivity contribution is 5.99. The number of carbonyl (C=O) groups is 1. The summed E-state index contributed by atoms with van der Waals surface area (Å²) in [5.41, 5.74) is 3.05. The smallest absolute Gasteiger partial charge is 0.271 e. The molecule has 0 fully saturated rings. The molecule has 0 bridgehead atoms. The van der Waals surface area contributed by atoms with Gasteiger partial charge >= 0.3 is 6.18 Å². The number of hydrazone groups is 1. The molecule has 1 N–H and O–H groups in total. The summed E-state index contributed by atoms with van der Waals surface area (Å²) in [5, 5.41) is 15.3. The fraction of sp³-hybridized carbons (Fsp3) is 0.176. The van der Waals surface area contributed by atoms with Gasteiger partial charge in [0.05, 0.1) is 11.3 Å². The SMILES string of the molecule is CC(=NNC(=O)Cn1nnc(-c2cccc(C(F)(F)F)c2)n1)c1ccncc1. The highest BCUT2D eigenvalue weighted by atomic mass is 19.4. The van der Waals surface area contributed by atoms with Gasteiger partial charge in [-0.1, -0.05) is 12.1 Å². The lowest BCUT2D eigenvalue weighted by Gasteiger charge is -2.06. The van der Waals surface area contributed by atoms with Crippen molar-refractivity contribution in [3.05, 3.63) is 59.9 Å². The van der Waals surface area contributed by atoms with E-state index in [0.29, 0.717) is 5.71 Å². The van der Waals surface area contributed by atoms with Crippen LogP contribution in [-0.4, -0.2) is 36.8 Å². The van der Waals surface area contributed by atoms with Gasteiger partial charge in [0, 0.05) is 23.5 Å². The highest BCUT2D eigenvalue weighted by Gasteiger charge is 2.30. The minimum Gasteiger partial charge on any atom is -0.271 e. The summed E-state index contributed by atoms with van der Waals surface area (Å²) in [6.45, 7) is 1.42. The van der Waals surface area contributed by atoms with E-state index in [9.17, 15) is 18.0 Å². The molecule has 3 rings (SSSR count). The lowest BCUT2D eigenvalue weighted by Crippen LogP contribution is -2.25. The topological polar surface area (TPSA) is 98.0 Å². The molecular formula is C17H14F3N7O. The third-order valence-corrected chi connectivity index (χ3v) is 3.63. The monoisotopic (exact) mass is 389 g/mol. The van der Waals surface area contributed by atoms with Gasteiger partial charge in [-0.3, -0.25) is 9.78 Å². The number of hydrogen-bond acceptors (Lipinski definition) is 6. The van der Waals surface area contributed by atoms with Crippen LogP contribution in [0.1, 0.15) is 18.1 Å². The van der Waals surface area contributed by atoms with Crippen molar-refractivity contribution in [1.82, 2.24) is 30.6 Å². The predicted molar refractivity (Wildman–Crippen MR) is 92.8 cm³/mol. The van der Waals surface area contributed by atoms with Crippen molar-refractivity contribution in [2.24, 2.45) is 5.10 Å². The molecule has 0 radical (unpaired) electrons. The summed E-state index contributed by atoms with van der Waals surface area (Å²) in [5.74, 6) is -0.531. The van der Waals surface area contributed by atoms with Crippen molar-refractivity contribution in [1.29, 1.82) is 0 Å². The number of amides is 1. The average molecular weight is 389 g/mol. The van der Waals surface area contributed by atoms with E-state index in [1.165, 1.54) is 12.1 Å². The molecule has 3 aromatic rings. The maximum Gasteiger partial charge on any atom is 0.416 e. The third kappa shape index (κ3) is 4.75. The molecule has 8 nitrogen and oxygen atoms in total. The first-order valence-electron chi connectivity index (χ1n) is 8.02. The number of pyridine rings is 1. The maximum absolute atomic E-state index is 12.8. The molecule has 0 saturated carbocycles. The number of nitrogens with zero attached hydrogens (tertiary/aromatic N) is 6. The molecule has 0 atom stereocenters. The standard InChI is InChI=1S/C17H14F3N7O/c1-11(12-5-7-21-8-6-12)22-23-15(28)10-27-25-16(24-26-27)13-3-2-4-14(9-13)17(18,19)20/h2-9H,10H2,1H3,(H,23,28). The molecular weight excluding hydrogens is 375 g/mol. The van der Waals surface area contributed by atoms with Crippen molar-refractivity contribution >= 4 is 11.6 Å². The van der Waals surface area contributed by atoms with E-state index in [0.717, 1.165) is 22.5 Å². The Kier molecular flexibility index (Phi) is 5.43. The normalized spacial score (nSPS) is 12.1. The third-order valence-electron chi connectivity index (χ3n) is 3.63. The quantitative estimate of drug-likeness (QED) is 0.533. The second-order valence-corrected chi connectivity index (χ2v) is 5.69. The number of carbonyl (C=O) groups excluding carboxylic acids is 1. The van der Waals surface area contributed by atoms with E-state index in [1.807, 2.05) is 0 Å². The summed E-state index contributed by atoms with van der Waals surface area (Å²) in [6, 6.07) is 8.03. The molecule has 0 unspecified atom stereocenters. The van der Waals surface area contributed by atoms with E-state index < -0.39 is 17.6 Å². The molecule has 0 aliphatic heterocycles. The fourth-order valence-corrected chi connectivity index (χ4v) is 2.23. The lowest BCUT2D eigenvalue weighted by atomic mass is 10.1. The van der Waals surface area contributed by atoms with Gasteiger partial charge in [0.1, 0.15) is 6.54 Å². The Hall–Kier alpha value is -3.63. The molecule has 0 aliphatic rings. The summed E-state index contributed by atoms with van der Waals surface area (Å²) >= 11 is 0. The molecule has 2 heterocycles. The summed E-state index contributed by atoms with van der Waals surface area (Å²) in [7, 11) is 0. The fourth-order valence-electron chi connectivity index (χ4n) is 2.23. The first-order valence-corrected chi connectivity index (χ1v) is 8.02. The summed E-state index contributed by atoms with van der Waals surface area (Å²) < 4.78 is 38.4. The Labute approximate surface area is 157 Å². The summed E-state index contributed by atoms with van der Waals surface area (Å²) in [6.07, 6.45) is -1.27. The van der Waals surface area contributed by atoms with Crippen LogP contribution < -0.4 is 5.43 Å². The first-order chi connectivity index (χ1) is 13.3. The van der Waals surface area contributed by atoms with Gasteiger partial charge in [-0.2, -0.15) is 23.1 Å². The molecule has 2 aromatic heterocycles. The van der Waals surface area contributed by atoms with Crippen molar-refractivity contribution in [2.45, 2.75) is 19.6 Å². The van der Waals surface area contributed by atoms with E-state index in [1.54, 1.807) is 31.5 Å². The predicted octanol–water partition coefficient (Wildman–Crippen LogP) is 2.29. The van der Waals surface area contributed by atoms with Crippen LogP contribution in [0.5, 0.6) is 0 Å². The van der Waals surface area contributed by atoms with Gasteiger partial charge in [0.2, 0.25) is 5.82 Å². The van der Waals surface area contributed by atoms with E-state index in [2.05, 4.69) is 30.9 Å². The number of alkyl halides is 3. The molecule has 0 saturated heterocycles. The van der Waals surface area contributed by atoms with E-state index >= 15 is 0 Å². The second-order valence-electron chi connectivity index (χ2n) is 5.69. The zero-order valence-corrected chi connectivity index (χ0v) is 14.6. The molecule has 28 heavy (non-hydrogen) atoms. The molecule has 0 spiro atoms. The molecule has 144 valence electrons. The van der Waals surface area contributed by atoms with Crippen LogP contribution in [-0.2, 0) is 17.5 Å². The minimum atomic E-state index is -4.48. The number of aromatic nitrogens is 5. The maximum atomic E-state index is 12.8. The van der Waals surface area contributed by atoms with Crippen LogP contribution >= 0.6 is 0 Å². The van der Waals surface area contributed by atoms with Gasteiger partial charge in [0.25, 0.3) is 5.91 Å². The van der Waals surface area contributed by atoms with Crippen molar-refractivity contribution in [3.8, 4) is 11.4 Å². The average Bonchev–Trinajstić information content (AvgIpc) is 3.14. The van der Waals surface area contributed by atoms with Crippen molar-refractivity contribution < 1.29 is 18.0 Å². The number of nitrogens with one attached hydrogen (secondary N) is 1. The highest BCUT2D eigenvalue weighted by Crippen LogP contribution is 2.31. The van der Waals surface area contributed by atoms with Crippen LogP contribution in [0.2, 0.25) is 0 Å². The van der Waals surface area contributed by atoms with Crippen LogP contribution in [0.25, 0.3) is 11.4 Å². The van der Waals surface area contributed by atoms with Crippen LogP contribution in [0, 0.1) is 0 Å². The second kappa shape index (κ2) is 7.94. The van der Waals surface area contributed by atoms with Gasteiger partial charge in [-0.05, 0) is 36.4 Å². The minimum absolute atomic E-state index is 0.0182. The largest absolute Gasteiger partial charge is 0.416 e. The zero-order chi connectivity index (χ0) is 20.1. The Bertz CT molecular complexity index is 999. The number of hydrogen-bond donors (Lipinski definition) is 1. The Morgan fingerprint density at radius 1 is 1.21 bits per heavy atom. The van der Waals surface area contributed by atoms with Crippen molar-refractivity contribution in [3.63, 3.8) is 0 Å². The van der Waals surface area contributed by atoms with Gasteiger partial charge in [-0.25, -0.2) is 5.43 Å². The van der Waals surface area contributed by atoms with Crippen molar-refractivity contribution in [2.75, 3.05) is 0 Å². The van der Waals surface area contributed by atoms with E-state index in [4.69, 9.17) is 0 Å². The number of halogens is 3. The van der Waals surface area contributed by atoms with Gasteiger partial charge < -0.3 is 0 Å². The lowest BCUT2D eigenvalue weighted by molar-refractivity contribution is -0.137. The van der Waals surface area contributed by atoms with Crippen LogP contribution in [0.4, 0.5) is 13.2 Å². The number of rotatable bonds is 5. The number of benzene rings is 1. The summed E-state index contributed by atoms with van der Waals surface area (Å²) in [4.78, 5) is 16.8. The molecule has 1 aromatic carbocycles. The van der Waals surface area contributed by atoms with E-state index in [-0.39, 0.29) is 17.9 Å². The number of tetrazole rings is 1. The zero-order valence-electron chi connectivity index (χ0n) is 14.6. The van der Waals surface area contributed by atoms with Gasteiger partial charge in [0.15, 0.2) is 0 Å². The molecule has 0 aliphatic carbocycles. The first kappa shape index (κ1) is 19.1. The van der Waals surface area contributed by atoms with Crippen LogP contribution in [0.3, 0.4) is 0 Å². The van der Waals surface area contributed by atoms with Gasteiger partial charge in [-0.15, -0.1) is 10.2 Å². The molecule has 1 amide bonds. The Balaban J connectivity index is 1.65. The Morgan fingerprint density at radius 2 is 1.96 bits per heavy atom. The van der Waals surface area contributed by atoms with Crippen LogP contribution in [0.15, 0.2) is 53.9 Å². The Morgan fingerprint density at radius 3 is 2.68 bits per heavy atom.